The summed E-state index contributed by atoms with van der Waals surface area (Å²) in [6.45, 7) is 3.03. The molecule has 1 aromatic carbocycles. The van der Waals surface area contributed by atoms with E-state index in [0.29, 0.717) is 30.2 Å². The fourth-order valence-corrected chi connectivity index (χ4v) is 4.32. The molecule has 20 heavy (non-hydrogen) atoms. The molecule has 1 aliphatic rings. The lowest BCUT2D eigenvalue weighted by Gasteiger charge is -2.24. The Labute approximate surface area is 124 Å². The Bertz CT molecular complexity index is 598. The number of rotatable bonds is 4. The lowest BCUT2D eigenvalue weighted by atomic mass is 10.1. The minimum absolute atomic E-state index is 0.125. The molecule has 2 N–H and O–H groups in total. The van der Waals surface area contributed by atoms with Gasteiger partial charge in [-0.2, -0.15) is 4.31 Å². The fraction of sp³-hybridized carbons (Fsp3) is 0.538. The summed E-state index contributed by atoms with van der Waals surface area (Å²) in [6.07, 6.45) is 0.707. The van der Waals surface area contributed by atoms with Gasteiger partial charge in [-0.25, -0.2) is 8.42 Å². The first-order valence-corrected chi connectivity index (χ1v) is 8.24. The summed E-state index contributed by atoms with van der Waals surface area (Å²) in [7, 11) is -2.01. The van der Waals surface area contributed by atoms with Gasteiger partial charge < -0.3 is 10.5 Å². The largest absolute Gasteiger partial charge is 0.380 e. The molecule has 0 bridgehead atoms. The summed E-state index contributed by atoms with van der Waals surface area (Å²) >= 11 is 6.01. The number of sulfonamides is 1. The van der Waals surface area contributed by atoms with Crippen LogP contribution in [-0.4, -0.2) is 39.0 Å². The number of hydrogen-bond acceptors (Lipinski definition) is 4. The van der Waals surface area contributed by atoms with Crippen molar-refractivity contribution in [3.63, 3.8) is 0 Å². The third-order valence-corrected chi connectivity index (χ3v) is 5.98. The molecular weight excluding hydrogens is 300 g/mol. The molecule has 1 fully saturated rings. The molecule has 0 saturated carbocycles. The average molecular weight is 319 g/mol. The SMILES string of the molecule is Cc1c(CN)cc(Cl)cc1S(=O)(=O)N(C)C1CCOC1. The second-order valence-electron chi connectivity index (χ2n) is 4.93. The van der Waals surface area contributed by atoms with Gasteiger partial charge in [-0.05, 0) is 36.6 Å². The van der Waals surface area contributed by atoms with Crippen LogP contribution >= 0.6 is 11.6 Å². The lowest BCUT2D eigenvalue weighted by Crippen LogP contribution is -2.37. The molecule has 0 amide bonds. The van der Waals surface area contributed by atoms with Gasteiger partial charge in [-0.1, -0.05) is 11.6 Å². The lowest BCUT2D eigenvalue weighted by molar-refractivity contribution is 0.181. The Balaban J connectivity index is 2.45. The first-order valence-electron chi connectivity index (χ1n) is 6.42. The standard InChI is InChI=1S/C13H19ClN2O3S/c1-9-10(7-15)5-11(14)6-13(9)20(17,18)16(2)12-3-4-19-8-12/h5-6,12H,3-4,7-8,15H2,1-2H3. The summed E-state index contributed by atoms with van der Waals surface area (Å²) in [4.78, 5) is 0.222. The Kier molecular flexibility index (Phi) is 4.71. The number of hydrogen-bond donors (Lipinski definition) is 1. The zero-order chi connectivity index (χ0) is 14.9. The van der Waals surface area contributed by atoms with Gasteiger partial charge in [-0.15, -0.1) is 0 Å². The van der Waals surface area contributed by atoms with Crippen LogP contribution in [0.5, 0.6) is 0 Å². The third kappa shape index (κ3) is 2.84. The Morgan fingerprint density at radius 1 is 1.50 bits per heavy atom. The first kappa shape index (κ1) is 15.7. The Morgan fingerprint density at radius 3 is 2.75 bits per heavy atom. The first-order chi connectivity index (χ1) is 9.37. The molecule has 0 aliphatic carbocycles. The van der Waals surface area contributed by atoms with Crippen molar-refractivity contribution in [3.05, 3.63) is 28.3 Å². The normalized spacial score (nSPS) is 19.8. The van der Waals surface area contributed by atoms with Crippen molar-refractivity contribution in [2.24, 2.45) is 5.73 Å². The second-order valence-corrected chi connectivity index (χ2v) is 7.33. The van der Waals surface area contributed by atoms with E-state index in [4.69, 9.17) is 22.1 Å². The molecule has 1 heterocycles. The van der Waals surface area contributed by atoms with E-state index in [1.165, 1.54) is 10.4 Å². The Hall–Kier alpha value is -0.660. The van der Waals surface area contributed by atoms with Crippen LogP contribution in [0.2, 0.25) is 5.02 Å². The van der Waals surface area contributed by atoms with Gasteiger partial charge in [0.05, 0.1) is 17.5 Å². The monoisotopic (exact) mass is 318 g/mol. The highest BCUT2D eigenvalue weighted by Crippen LogP contribution is 2.28. The van der Waals surface area contributed by atoms with Crippen molar-refractivity contribution in [1.29, 1.82) is 0 Å². The summed E-state index contributed by atoms with van der Waals surface area (Å²) in [5.41, 5.74) is 7.04. The van der Waals surface area contributed by atoms with Crippen molar-refractivity contribution < 1.29 is 13.2 Å². The molecule has 1 aromatic rings. The van der Waals surface area contributed by atoms with Gasteiger partial charge in [0.25, 0.3) is 0 Å². The number of halogens is 1. The molecule has 1 atom stereocenters. The maximum absolute atomic E-state index is 12.7. The van der Waals surface area contributed by atoms with Gasteiger partial charge in [0.1, 0.15) is 0 Å². The number of ether oxygens (including phenoxy) is 1. The minimum atomic E-state index is -3.59. The van der Waals surface area contributed by atoms with E-state index in [2.05, 4.69) is 0 Å². The van der Waals surface area contributed by atoms with Gasteiger partial charge in [0, 0.05) is 25.2 Å². The molecular formula is C13H19ClN2O3S. The predicted octanol–water partition coefficient (Wildman–Crippen LogP) is 1.52. The van der Waals surface area contributed by atoms with Gasteiger partial charge in [0.15, 0.2) is 0 Å². The topological polar surface area (TPSA) is 72.6 Å². The highest BCUT2D eigenvalue weighted by atomic mass is 35.5. The van der Waals surface area contributed by atoms with E-state index >= 15 is 0 Å². The maximum atomic E-state index is 12.7. The maximum Gasteiger partial charge on any atom is 0.243 e. The second kappa shape index (κ2) is 5.99. The molecule has 1 aliphatic heterocycles. The minimum Gasteiger partial charge on any atom is -0.380 e. The van der Waals surface area contributed by atoms with E-state index in [1.54, 1.807) is 20.0 Å². The van der Waals surface area contributed by atoms with Crippen LogP contribution in [0.25, 0.3) is 0 Å². The molecule has 5 nitrogen and oxygen atoms in total. The van der Waals surface area contributed by atoms with Crippen LogP contribution in [0, 0.1) is 6.92 Å². The van der Waals surface area contributed by atoms with Crippen LogP contribution < -0.4 is 5.73 Å². The van der Waals surface area contributed by atoms with Crippen LogP contribution in [0.3, 0.4) is 0 Å². The number of likely N-dealkylation sites (N-methyl/N-ethyl adjacent to an activating group) is 1. The van der Waals surface area contributed by atoms with Gasteiger partial charge >= 0.3 is 0 Å². The van der Waals surface area contributed by atoms with Gasteiger partial charge in [-0.3, -0.25) is 0 Å². The van der Waals surface area contributed by atoms with Crippen LogP contribution in [-0.2, 0) is 21.3 Å². The van der Waals surface area contributed by atoms with E-state index < -0.39 is 10.0 Å². The van der Waals surface area contributed by atoms with Crippen molar-refractivity contribution >= 4 is 21.6 Å². The quantitative estimate of drug-likeness (QED) is 0.913. The van der Waals surface area contributed by atoms with E-state index in [1.807, 2.05) is 0 Å². The number of nitrogens with zero attached hydrogens (tertiary/aromatic N) is 1. The van der Waals surface area contributed by atoms with Gasteiger partial charge in [0.2, 0.25) is 10.0 Å². The summed E-state index contributed by atoms with van der Waals surface area (Å²) in [5.74, 6) is 0. The smallest absolute Gasteiger partial charge is 0.243 e. The predicted molar refractivity (Wildman–Crippen MR) is 78.3 cm³/mol. The summed E-state index contributed by atoms with van der Waals surface area (Å²) in [5, 5.41) is 0.380. The molecule has 2 rings (SSSR count). The summed E-state index contributed by atoms with van der Waals surface area (Å²) in [6, 6.07) is 3.06. The van der Waals surface area contributed by atoms with E-state index in [0.717, 1.165) is 5.56 Å². The van der Waals surface area contributed by atoms with Crippen molar-refractivity contribution in [3.8, 4) is 0 Å². The van der Waals surface area contributed by atoms with Crippen LogP contribution in [0.15, 0.2) is 17.0 Å². The fourth-order valence-electron chi connectivity index (χ4n) is 2.35. The third-order valence-electron chi connectivity index (χ3n) is 3.73. The van der Waals surface area contributed by atoms with Crippen molar-refractivity contribution in [1.82, 2.24) is 4.31 Å². The number of nitrogens with two attached hydrogens (primary N) is 1. The molecule has 0 spiro atoms. The Morgan fingerprint density at radius 2 is 2.20 bits per heavy atom. The van der Waals surface area contributed by atoms with Crippen molar-refractivity contribution in [2.75, 3.05) is 20.3 Å². The molecule has 7 heteroatoms. The highest BCUT2D eigenvalue weighted by molar-refractivity contribution is 7.89. The van der Waals surface area contributed by atoms with Crippen LogP contribution in [0.4, 0.5) is 0 Å². The molecule has 0 aromatic heterocycles. The zero-order valence-corrected chi connectivity index (χ0v) is 13.2. The molecule has 112 valence electrons. The van der Waals surface area contributed by atoms with Crippen LogP contribution in [0.1, 0.15) is 17.5 Å². The zero-order valence-electron chi connectivity index (χ0n) is 11.6. The number of benzene rings is 1. The average Bonchev–Trinajstić information content (AvgIpc) is 2.93. The summed E-state index contributed by atoms with van der Waals surface area (Å²) < 4.78 is 32.1. The molecule has 1 saturated heterocycles. The van der Waals surface area contributed by atoms with E-state index in [9.17, 15) is 8.42 Å². The molecule has 1 unspecified atom stereocenters. The highest BCUT2D eigenvalue weighted by Gasteiger charge is 2.32. The van der Waals surface area contributed by atoms with E-state index in [-0.39, 0.29) is 17.5 Å². The molecule has 0 radical (unpaired) electrons. The van der Waals surface area contributed by atoms with Crippen molar-refractivity contribution in [2.45, 2.75) is 30.8 Å².